The summed E-state index contributed by atoms with van der Waals surface area (Å²) in [5.41, 5.74) is 7.61. The van der Waals surface area contributed by atoms with Gasteiger partial charge < -0.3 is 10.6 Å². The van der Waals surface area contributed by atoms with Gasteiger partial charge >= 0.3 is 0 Å². The van der Waals surface area contributed by atoms with Gasteiger partial charge in [0.1, 0.15) is 6.07 Å². The maximum atomic E-state index is 9.35. The summed E-state index contributed by atoms with van der Waals surface area (Å²) < 4.78 is 0. The van der Waals surface area contributed by atoms with E-state index in [1.807, 2.05) is 18.4 Å². The van der Waals surface area contributed by atoms with Crippen LogP contribution in [0.5, 0.6) is 0 Å². The lowest BCUT2D eigenvalue weighted by Crippen LogP contribution is -2.36. The summed E-state index contributed by atoms with van der Waals surface area (Å²) in [7, 11) is 0. The minimum atomic E-state index is 0.649. The van der Waals surface area contributed by atoms with Gasteiger partial charge in [-0.1, -0.05) is 6.07 Å². The van der Waals surface area contributed by atoms with E-state index in [1.165, 1.54) is 0 Å². The Balaban J connectivity index is 2.22. The van der Waals surface area contributed by atoms with Crippen molar-refractivity contribution in [3.8, 4) is 6.07 Å². The van der Waals surface area contributed by atoms with Crippen LogP contribution in [0.2, 0.25) is 0 Å². The SMILES string of the molecule is CSc1cccc(N2CCC(CN)CC2)c1C#N. The van der Waals surface area contributed by atoms with Gasteiger partial charge in [-0.3, -0.25) is 0 Å². The van der Waals surface area contributed by atoms with Gasteiger partial charge in [0.05, 0.1) is 11.3 Å². The summed E-state index contributed by atoms with van der Waals surface area (Å²) in [6.45, 7) is 2.80. The molecule has 0 saturated carbocycles. The van der Waals surface area contributed by atoms with Gasteiger partial charge in [0.2, 0.25) is 0 Å². The van der Waals surface area contributed by atoms with Gasteiger partial charge in [-0.05, 0) is 43.7 Å². The summed E-state index contributed by atoms with van der Waals surface area (Å²) in [5.74, 6) is 0.649. The van der Waals surface area contributed by atoms with Crippen molar-refractivity contribution >= 4 is 17.4 Å². The Morgan fingerprint density at radius 2 is 2.17 bits per heavy atom. The van der Waals surface area contributed by atoms with Crippen molar-refractivity contribution in [3.63, 3.8) is 0 Å². The molecule has 1 heterocycles. The normalized spacial score (nSPS) is 16.6. The van der Waals surface area contributed by atoms with E-state index in [-0.39, 0.29) is 0 Å². The molecule has 1 aromatic rings. The Morgan fingerprint density at radius 3 is 2.72 bits per heavy atom. The molecule has 1 saturated heterocycles. The van der Waals surface area contributed by atoms with Crippen LogP contribution in [0.25, 0.3) is 0 Å². The molecular formula is C14H19N3S. The Labute approximate surface area is 113 Å². The van der Waals surface area contributed by atoms with Crippen LogP contribution >= 0.6 is 11.8 Å². The van der Waals surface area contributed by atoms with E-state index in [4.69, 9.17) is 5.73 Å². The molecule has 18 heavy (non-hydrogen) atoms. The van der Waals surface area contributed by atoms with Crippen LogP contribution in [0.1, 0.15) is 18.4 Å². The second-order valence-electron chi connectivity index (χ2n) is 4.63. The van der Waals surface area contributed by atoms with E-state index < -0.39 is 0 Å². The predicted octanol–water partition coefficient (Wildman–Crippen LogP) is 2.46. The first-order chi connectivity index (χ1) is 8.80. The third-order valence-electron chi connectivity index (χ3n) is 3.62. The number of hydrogen-bond acceptors (Lipinski definition) is 4. The maximum absolute atomic E-state index is 9.35. The number of benzene rings is 1. The van der Waals surface area contributed by atoms with Crippen molar-refractivity contribution in [1.82, 2.24) is 0 Å². The van der Waals surface area contributed by atoms with Crippen LogP contribution in [0.15, 0.2) is 23.1 Å². The van der Waals surface area contributed by atoms with Gasteiger partial charge in [-0.15, -0.1) is 11.8 Å². The fourth-order valence-electron chi connectivity index (χ4n) is 2.48. The molecule has 1 aromatic carbocycles. The zero-order valence-electron chi connectivity index (χ0n) is 10.7. The number of anilines is 1. The van der Waals surface area contributed by atoms with Gasteiger partial charge in [0.15, 0.2) is 0 Å². The Hall–Kier alpha value is -1.18. The van der Waals surface area contributed by atoms with Gasteiger partial charge in [0, 0.05) is 18.0 Å². The second kappa shape index (κ2) is 6.12. The molecule has 3 nitrogen and oxygen atoms in total. The lowest BCUT2D eigenvalue weighted by atomic mass is 9.96. The largest absolute Gasteiger partial charge is 0.370 e. The summed E-state index contributed by atoms with van der Waals surface area (Å²) in [6.07, 6.45) is 4.27. The molecule has 2 rings (SSSR count). The van der Waals surface area contributed by atoms with E-state index in [0.717, 1.165) is 48.6 Å². The first kappa shape index (κ1) is 13.3. The van der Waals surface area contributed by atoms with Crippen molar-refractivity contribution in [2.24, 2.45) is 11.7 Å². The first-order valence-corrected chi connectivity index (χ1v) is 7.54. The molecule has 0 atom stereocenters. The molecule has 1 aliphatic rings. The van der Waals surface area contributed by atoms with Gasteiger partial charge in [-0.2, -0.15) is 5.26 Å². The molecule has 0 radical (unpaired) electrons. The van der Waals surface area contributed by atoms with Crippen LogP contribution in [-0.4, -0.2) is 25.9 Å². The molecule has 0 aliphatic carbocycles. The van der Waals surface area contributed by atoms with Crippen LogP contribution < -0.4 is 10.6 Å². The number of nitrogens with zero attached hydrogens (tertiary/aromatic N) is 2. The molecule has 1 fully saturated rings. The number of rotatable bonds is 3. The second-order valence-corrected chi connectivity index (χ2v) is 5.48. The third-order valence-corrected chi connectivity index (χ3v) is 4.40. The lowest BCUT2D eigenvalue weighted by molar-refractivity contribution is 0.414. The molecule has 0 amide bonds. The van der Waals surface area contributed by atoms with E-state index in [2.05, 4.69) is 17.0 Å². The molecule has 0 aromatic heterocycles. The van der Waals surface area contributed by atoms with Crippen molar-refractivity contribution in [1.29, 1.82) is 5.26 Å². The number of hydrogen-bond donors (Lipinski definition) is 1. The molecule has 0 spiro atoms. The van der Waals surface area contributed by atoms with Crippen LogP contribution in [0.4, 0.5) is 5.69 Å². The van der Waals surface area contributed by atoms with Crippen LogP contribution in [0.3, 0.4) is 0 Å². The van der Waals surface area contributed by atoms with Gasteiger partial charge in [-0.25, -0.2) is 0 Å². The minimum absolute atomic E-state index is 0.649. The molecule has 4 heteroatoms. The Bertz CT molecular complexity index is 445. The number of nitriles is 1. The van der Waals surface area contributed by atoms with E-state index >= 15 is 0 Å². The Morgan fingerprint density at radius 1 is 1.44 bits per heavy atom. The molecule has 0 unspecified atom stereocenters. The smallest absolute Gasteiger partial charge is 0.103 e. The van der Waals surface area contributed by atoms with Crippen molar-refractivity contribution in [2.75, 3.05) is 30.8 Å². The summed E-state index contributed by atoms with van der Waals surface area (Å²) >= 11 is 1.63. The van der Waals surface area contributed by atoms with E-state index in [9.17, 15) is 5.26 Å². The highest BCUT2D eigenvalue weighted by atomic mass is 32.2. The third kappa shape index (κ3) is 2.63. The monoisotopic (exact) mass is 261 g/mol. The van der Waals surface area contributed by atoms with Crippen LogP contribution in [0, 0.1) is 17.2 Å². The molecule has 0 bridgehead atoms. The topological polar surface area (TPSA) is 53.0 Å². The molecule has 1 aliphatic heterocycles. The maximum Gasteiger partial charge on any atom is 0.103 e. The average molecular weight is 261 g/mol. The van der Waals surface area contributed by atoms with Crippen molar-refractivity contribution < 1.29 is 0 Å². The summed E-state index contributed by atoms with van der Waals surface area (Å²) in [4.78, 5) is 3.39. The highest BCUT2D eigenvalue weighted by molar-refractivity contribution is 7.98. The molecule has 96 valence electrons. The number of nitrogens with two attached hydrogens (primary N) is 1. The minimum Gasteiger partial charge on any atom is -0.370 e. The summed E-state index contributed by atoms with van der Waals surface area (Å²) in [5, 5.41) is 9.35. The van der Waals surface area contributed by atoms with E-state index in [1.54, 1.807) is 11.8 Å². The standard InChI is InChI=1S/C14H19N3S/c1-18-14-4-2-3-13(12(14)10-16)17-7-5-11(9-15)6-8-17/h2-4,11H,5-9,15H2,1H3. The number of piperidine rings is 1. The fraction of sp³-hybridized carbons (Fsp3) is 0.500. The van der Waals surface area contributed by atoms with Gasteiger partial charge in [0.25, 0.3) is 0 Å². The van der Waals surface area contributed by atoms with E-state index in [0.29, 0.717) is 5.92 Å². The highest BCUT2D eigenvalue weighted by Crippen LogP contribution is 2.31. The Kier molecular flexibility index (Phi) is 4.51. The predicted molar refractivity (Wildman–Crippen MR) is 76.9 cm³/mol. The highest BCUT2D eigenvalue weighted by Gasteiger charge is 2.21. The quantitative estimate of drug-likeness (QED) is 0.849. The summed E-state index contributed by atoms with van der Waals surface area (Å²) in [6, 6.07) is 8.46. The van der Waals surface area contributed by atoms with Crippen molar-refractivity contribution in [3.05, 3.63) is 23.8 Å². The first-order valence-electron chi connectivity index (χ1n) is 6.32. The fourth-order valence-corrected chi connectivity index (χ4v) is 3.04. The van der Waals surface area contributed by atoms with Crippen LogP contribution in [-0.2, 0) is 0 Å². The zero-order valence-corrected chi connectivity index (χ0v) is 11.5. The zero-order chi connectivity index (χ0) is 13.0. The lowest BCUT2D eigenvalue weighted by Gasteiger charge is -2.33. The molecule has 2 N–H and O–H groups in total. The van der Waals surface area contributed by atoms with Crippen molar-refractivity contribution in [2.45, 2.75) is 17.7 Å². The average Bonchev–Trinajstić information content (AvgIpc) is 2.46. The molecular weight excluding hydrogens is 242 g/mol. The number of thioether (sulfide) groups is 1.